The van der Waals surface area contributed by atoms with Crippen molar-refractivity contribution in [1.82, 2.24) is 9.78 Å². The molecule has 1 amide bonds. The van der Waals surface area contributed by atoms with Gasteiger partial charge in [0.05, 0.1) is 0 Å². The minimum absolute atomic E-state index is 0. The van der Waals surface area contributed by atoms with Gasteiger partial charge in [0, 0.05) is 19.7 Å². The van der Waals surface area contributed by atoms with E-state index >= 15 is 0 Å². The normalized spacial score (nSPS) is 9.74. The molecule has 2 rings (SSSR count). The largest absolute Gasteiger partial charge is 0.508 e. The van der Waals surface area contributed by atoms with Crippen LogP contribution >= 0.6 is 12.4 Å². The molecule has 0 aliphatic rings. The molecule has 0 unspecified atom stereocenters. The van der Waals surface area contributed by atoms with E-state index < -0.39 is 5.91 Å². The van der Waals surface area contributed by atoms with E-state index in [1.54, 1.807) is 31.3 Å². The summed E-state index contributed by atoms with van der Waals surface area (Å²) in [7, 11) is 1.65. The highest BCUT2D eigenvalue weighted by atomic mass is 35.5. The van der Waals surface area contributed by atoms with Crippen LogP contribution in [0.4, 0.5) is 5.82 Å². The monoisotopic (exact) mass is 282 g/mol. The summed E-state index contributed by atoms with van der Waals surface area (Å²) in [5.74, 6) is 0.262. The first-order valence-corrected chi connectivity index (χ1v) is 5.42. The third-order valence-corrected chi connectivity index (χ3v) is 2.52. The lowest BCUT2D eigenvalue weighted by atomic mass is 10.2. The number of carbonyl (C=O) groups excluding carboxylic acids is 1. The molecule has 7 heteroatoms. The Morgan fingerprint density at radius 1 is 1.47 bits per heavy atom. The molecular formula is C12H15ClN4O2. The second-order valence-electron chi connectivity index (χ2n) is 3.93. The smallest absolute Gasteiger partial charge is 0.267 e. The Labute approximate surface area is 116 Å². The number of nitrogens with one attached hydrogen (secondary N) is 1. The number of halogens is 1. The molecule has 0 saturated carbocycles. The standard InChI is InChI=1S/C12H14N4O2.ClH/c1-16-10(12(13)18)6-11(15-16)14-7-8-3-2-4-9(17)5-8;/h2-6,17H,7H2,1H3,(H2,13,18)(H,14,15);1H. The molecular weight excluding hydrogens is 268 g/mol. The predicted molar refractivity (Wildman–Crippen MR) is 74.4 cm³/mol. The molecule has 102 valence electrons. The Bertz CT molecular complexity index is 583. The Balaban J connectivity index is 0.00000180. The van der Waals surface area contributed by atoms with Gasteiger partial charge >= 0.3 is 0 Å². The van der Waals surface area contributed by atoms with Gasteiger partial charge in [0.25, 0.3) is 5.91 Å². The number of aromatic hydroxyl groups is 1. The van der Waals surface area contributed by atoms with Crippen LogP contribution in [0.3, 0.4) is 0 Å². The van der Waals surface area contributed by atoms with Crippen LogP contribution in [-0.2, 0) is 13.6 Å². The third kappa shape index (κ3) is 3.62. The van der Waals surface area contributed by atoms with Gasteiger partial charge in [-0.25, -0.2) is 0 Å². The van der Waals surface area contributed by atoms with Crippen LogP contribution in [0.2, 0.25) is 0 Å². The minimum atomic E-state index is -0.518. The predicted octanol–water partition coefficient (Wildman–Crippen LogP) is 1.26. The first-order chi connectivity index (χ1) is 8.56. The lowest BCUT2D eigenvalue weighted by Gasteiger charge is -2.03. The summed E-state index contributed by atoms with van der Waals surface area (Å²) in [5.41, 5.74) is 6.45. The van der Waals surface area contributed by atoms with Crippen molar-refractivity contribution in [3.63, 3.8) is 0 Å². The summed E-state index contributed by atoms with van der Waals surface area (Å²) >= 11 is 0. The SMILES string of the molecule is Cl.Cn1nc(NCc2cccc(O)c2)cc1C(N)=O. The second-order valence-corrected chi connectivity index (χ2v) is 3.93. The lowest BCUT2D eigenvalue weighted by Crippen LogP contribution is -2.15. The third-order valence-electron chi connectivity index (χ3n) is 2.52. The highest BCUT2D eigenvalue weighted by Crippen LogP contribution is 2.13. The lowest BCUT2D eigenvalue weighted by molar-refractivity contribution is 0.0991. The zero-order valence-electron chi connectivity index (χ0n) is 10.3. The van der Waals surface area contributed by atoms with Crippen LogP contribution in [-0.4, -0.2) is 20.8 Å². The number of phenols is 1. The summed E-state index contributed by atoms with van der Waals surface area (Å²) in [6.07, 6.45) is 0. The number of benzene rings is 1. The topological polar surface area (TPSA) is 93.2 Å². The van der Waals surface area contributed by atoms with Crippen molar-refractivity contribution in [3.8, 4) is 5.75 Å². The molecule has 0 atom stereocenters. The number of carbonyl (C=O) groups is 1. The Kier molecular flexibility index (Phi) is 4.77. The Hall–Kier alpha value is -2.21. The number of anilines is 1. The number of aryl methyl sites for hydroxylation is 1. The summed E-state index contributed by atoms with van der Waals surface area (Å²) in [6.45, 7) is 0.504. The molecule has 0 bridgehead atoms. The average molecular weight is 283 g/mol. The second kappa shape index (κ2) is 6.10. The van der Waals surface area contributed by atoms with Gasteiger partial charge in [-0.05, 0) is 17.7 Å². The number of primary amides is 1. The molecule has 4 N–H and O–H groups in total. The van der Waals surface area contributed by atoms with E-state index in [-0.39, 0.29) is 18.2 Å². The van der Waals surface area contributed by atoms with Crippen molar-refractivity contribution in [1.29, 1.82) is 0 Å². The van der Waals surface area contributed by atoms with E-state index in [1.165, 1.54) is 4.68 Å². The average Bonchev–Trinajstić information content (AvgIpc) is 2.68. The molecule has 0 aliphatic carbocycles. The summed E-state index contributed by atoms with van der Waals surface area (Å²) in [6, 6.07) is 8.50. The fraction of sp³-hybridized carbons (Fsp3) is 0.167. The summed E-state index contributed by atoms with van der Waals surface area (Å²) in [4.78, 5) is 11.1. The van der Waals surface area contributed by atoms with E-state index in [9.17, 15) is 9.90 Å². The molecule has 0 aliphatic heterocycles. The van der Waals surface area contributed by atoms with Crippen LogP contribution in [0.25, 0.3) is 0 Å². The van der Waals surface area contributed by atoms with Crippen LogP contribution in [0.1, 0.15) is 16.1 Å². The van der Waals surface area contributed by atoms with E-state index in [0.29, 0.717) is 18.1 Å². The van der Waals surface area contributed by atoms with E-state index in [2.05, 4.69) is 10.4 Å². The van der Waals surface area contributed by atoms with E-state index in [1.807, 2.05) is 6.07 Å². The van der Waals surface area contributed by atoms with Crippen molar-refractivity contribution in [2.45, 2.75) is 6.54 Å². The number of nitrogens with two attached hydrogens (primary N) is 1. The Morgan fingerprint density at radius 3 is 2.79 bits per heavy atom. The van der Waals surface area contributed by atoms with Crippen LogP contribution < -0.4 is 11.1 Å². The number of aromatic nitrogens is 2. The van der Waals surface area contributed by atoms with Gasteiger partial charge < -0.3 is 16.2 Å². The van der Waals surface area contributed by atoms with Gasteiger partial charge in [-0.3, -0.25) is 9.48 Å². The molecule has 1 aromatic carbocycles. The maximum Gasteiger partial charge on any atom is 0.267 e. The van der Waals surface area contributed by atoms with Gasteiger partial charge in [0.2, 0.25) is 0 Å². The van der Waals surface area contributed by atoms with Crippen molar-refractivity contribution in [2.24, 2.45) is 12.8 Å². The quantitative estimate of drug-likeness (QED) is 0.787. The van der Waals surface area contributed by atoms with Gasteiger partial charge in [-0.2, -0.15) is 5.10 Å². The number of amides is 1. The minimum Gasteiger partial charge on any atom is -0.508 e. The highest BCUT2D eigenvalue weighted by Gasteiger charge is 2.09. The number of nitrogens with zero attached hydrogens (tertiary/aromatic N) is 2. The fourth-order valence-electron chi connectivity index (χ4n) is 1.64. The van der Waals surface area contributed by atoms with Crippen LogP contribution in [0.15, 0.2) is 30.3 Å². The summed E-state index contributed by atoms with van der Waals surface area (Å²) < 4.78 is 1.42. The molecule has 0 radical (unpaired) electrons. The number of phenolic OH excluding ortho intramolecular Hbond substituents is 1. The first kappa shape index (κ1) is 14.8. The first-order valence-electron chi connectivity index (χ1n) is 5.42. The zero-order chi connectivity index (χ0) is 13.1. The van der Waals surface area contributed by atoms with Gasteiger partial charge in [-0.1, -0.05) is 12.1 Å². The van der Waals surface area contributed by atoms with Gasteiger partial charge in [0.1, 0.15) is 17.3 Å². The van der Waals surface area contributed by atoms with Crippen molar-refractivity contribution >= 4 is 24.1 Å². The van der Waals surface area contributed by atoms with Crippen molar-refractivity contribution in [3.05, 3.63) is 41.6 Å². The van der Waals surface area contributed by atoms with Crippen LogP contribution in [0, 0.1) is 0 Å². The number of hydrogen-bond donors (Lipinski definition) is 3. The molecule has 1 aromatic heterocycles. The van der Waals surface area contributed by atoms with Crippen LogP contribution in [0.5, 0.6) is 5.75 Å². The van der Waals surface area contributed by atoms with Gasteiger partial charge in [-0.15, -0.1) is 12.4 Å². The fourth-order valence-corrected chi connectivity index (χ4v) is 1.64. The van der Waals surface area contributed by atoms with Gasteiger partial charge in [0.15, 0.2) is 0 Å². The molecule has 0 spiro atoms. The Morgan fingerprint density at radius 2 is 2.21 bits per heavy atom. The molecule has 2 aromatic rings. The van der Waals surface area contributed by atoms with E-state index in [4.69, 9.17) is 5.73 Å². The van der Waals surface area contributed by atoms with Crippen molar-refractivity contribution in [2.75, 3.05) is 5.32 Å². The molecule has 19 heavy (non-hydrogen) atoms. The zero-order valence-corrected chi connectivity index (χ0v) is 11.1. The van der Waals surface area contributed by atoms with E-state index in [0.717, 1.165) is 5.56 Å². The maximum absolute atomic E-state index is 11.1. The maximum atomic E-state index is 11.1. The molecule has 1 heterocycles. The van der Waals surface area contributed by atoms with Crippen molar-refractivity contribution < 1.29 is 9.90 Å². The highest BCUT2D eigenvalue weighted by molar-refractivity contribution is 5.91. The summed E-state index contributed by atoms with van der Waals surface area (Å²) in [5, 5.41) is 16.5. The molecule has 0 saturated heterocycles. The molecule has 6 nitrogen and oxygen atoms in total. The number of hydrogen-bond acceptors (Lipinski definition) is 4. The molecule has 0 fully saturated rings. The number of rotatable bonds is 4.